The van der Waals surface area contributed by atoms with Crippen molar-refractivity contribution in [3.05, 3.63) is 25.1 Å². The zero-order valence-electron chi connectivity index (χ0n) is 4.91. The summed E-state index contributed by atoms with van der Waals surface area (Å²) >= 11 is 1.53. The van der Waals surface area contributed by atoms with Gasteiger partial charge in [0.1, 0.15) is 6.26 Å². The van der Waals surface area contributed by atoms with E-state index in [1.165, 1.54) is 11.8 Å². The zero-order chi connectivity index (χ0) is 6.53. The van der Waals surface area contributed by atoms with E-state index >= 15 is 0 Å². The first-order valence-corrected chi connectivity index (χ1v) is 3.55. The van der Waals surface area contributed by atoms with Crippen molar-refractivity contribution in [1.82, 2.24) is 4.98 Å². The second-order valence-electron chi connectivity index (χ2n) is 1.40. The Morgan fingerprint density at radius 1 is 1.89 bits per heavy atom. The summed E-state index contributed by atoms with van der Waals surface area (Å²) in [5, 5.41) is 0.704. The van der Waals surface area contributed by atoms with Gasteiger partial charge in [-0.2, -0.15) is 0 Å². The molecule has 0 atom stereocenters. The third-order valence-electron chi connectivity index (χ3n) is 0.734. The molecular weight excluding hydrogens is 134 g/mol. The predicted octanol–water partition coefficient (Wildman–Crippen LogP) is 1.95. The van der Waals surface area contributed by atoms with E-state index < -0.39 is 0 Å². The molecule has 1 aromatic rings. The Labute approximate surface area is 58.0 Å². The van der Waals surface area contributed by atoms with Crippen molar-refractivity contribution < 1.29 is 4.42 Å². The van der Waals surface area contributed by atoms with Crippen molar-refractivity contribution in [2.24, 2.45) is 0 Å². The predicted molar refractivity (Wildman–Crippen MR) is 37.4 cm³/mol. The highest BCUT2D eigenvalue weighted by Crippen LogP contribution is 2.13. The lowest BCUT2D eigenvalue weighted by atomic mass is 10.8. The molecule has 0 aromatic carbocycles. The van der Waals surface area contributed by atoms with Gasteiger partial charge in [-0.3, -0.25) is 0 Å². The first-order chi connectivity index (χ1) is 4.43. The molecular formula is C6H7NOS. The minimum absolute atomic E-state index is 0.704. The summed E-state index contributed by atoms with van der Waals surface area (Å²) < 4.78 is 4.94. The van der Waals surface area contributed by atoms with Crippen LogP contribution in [0.25, 0.3) is 0 Å². The highest BCUT2D eigenvalue weighted by Gasteiger charge is 1.92. The minimum Gasteiger partial charge on any atom is -0.440 e. The molecule has 0 radical (unpaired) electrons. The average Bonchev–Trinajstić information content (AvgIpc) is 2.34. The standard InChI is InChI=1S/C6H7NOS/c1-2-5-9-6-7-3-4-8-6/h2-4H,1,5H2. The fraction of sp³-hybridized carbons (Fsp3) is 0.167. The van der Waals surface area contributed by atoms with Crippen LogP contribution in [-0.2, 0) is 0 Å². The van der Waals surface area contributed by atoms with Gasteiger partial charge in [0.2, 0.25) is 0 Å². The summed E-state index contributed by atoms with van der Waals surface area (Å²) in [6.07, 6.45) is 5.01. The molecule has 0 unspecified atom stereocenters. The van der Waals surface area contributed by atoms with Gasteiger partial charge in [-0.05, 0) is 0 Å². The van der Waals surface area contributed by atoms with Crippen LogP contribution >= 0.6 is 11.8 Å². The number of hydrogen-bond donors (Lipinski definition) is 0. The van der Waals surface area contributed by atoms with Crippen molar-refractivity contribution in [3.8, 4) is 0 Å². The smallest absolute Gasteiger partial charge is 0.255 e. The number of rotatable bonds is 3. The number of nitrogens with zero attached hydrogens (tertiary/aromatic N) is 1. The molecule has 0 aliphatic rings. The van der Waals surface area contributed by atoms with Crippen molar-refractivity contribution in [2.75, 3.05) is 5.75 Å². The van der Waals surface area contributed by atoms with Crippen LogP contribution in [0.3, 0.4) is 0 Å². The van der Waals surface area contributed by atoms with E-state index in [-0.39, 0.29) is 0 Å². The third-order valence-corrected chi connectivity index (χ3v) is 1.59. The summed E-state index contributed by atoms with van der Waals surface area (Å²) in [6.45, 7) is 3.57. The summed E-state index contributed by atoms with van der Waals surface area (Å²) in [4.78, 5) is 3.90. The topological polar surface area (TPSA) is 26.0 Å². The molecule has 1 heterocycles. The van der Waals surface area contributed by atoms with Gasteiger partial charge in [-0.15, -0.1) is 6.58 Å². The molecule has 3 heteroatoms. The van der Waals surface area contributed by atoms with Crippen LogP contribution in [0, 0.1) is 0 Å². The van der Waals surface area contributed by atoms with Crippen molar-refractivity contribution in [2.45, 2.75) is 5.22 Å². The summed E-state index contributed by atoms with van der Waals surface area (Å²) in [7, 11) is 0. The first kappa shape index (κ1) is 6.42. The van der Waals surface area contributed by atoms with Gasteiger partial charge in [0.25, 0.3) is 5.22 Å². The number of thioether (sulfide) groups is 1. The molecule has 0 saturated carbocycles. The van der Waals surface area contributed by atoms with Crippen molar-refractivity contribution in [3.63, 3.8) is 0 Å². The average molecular weight is 141 g/mol. The number of hydrogen-bond acceptors (Lipinski definition) is 3. The van der Waals surface area contributed by atoms with Gasteiger partial charge in [-0.25, -0.2) is 4.98 Å². The molecule has 1 rings (SSSR count). The molecule has 0 aliphatic carbocycles. The molecule has 2 nitrogen and oxygen atoms in total. The highest BCUT2D eigenvalue weighted by molar-refractivity contribution is 7.99. The van der Waals surface area contributed by atoms with Crippen LogP contribution in [0.1, 0.15) is 0 Å². The Hall–Kier alpha value is -0.700. The normalized spacial score (nSPS) is 9.33. The molecule has 0 spiro atoms. The quantitative estimate of drug-likeness (QED) is 0.475. The first-order valence-electron chi connectivity index (χ1n) is 2.56. The summed E-state index contributed by atoms with van der Waals surface area (Å²) in [5.41, 5.74) is 0. The molecule has 0 N–H and O–H groups in total. The van der Waals surface area contributed by atoms with E-state index in [0.29, 0.717) is 5.22 Å². The largest absolute Gasteiger partial charge is 0.440 e. The molecule has 0 saturated heterocycles. The van der Waals surface area contributed by atoms with Crippen molar-refractivity contribution in [1.29, 1.82) is 0 Å². The maximum absolute atomic E-state index is 4.94. The van der Waals surface area contributed by atoms with Crippen LogP contribution in [-0.4, -0.2) is 10.7 Å². The van der Waals surface area contributed by atoms with E-state index in [1.54, 1.807) is 12.5 Å². The van der Waals surface area contributed by atoms with Crippen LogP contribution in [0.2, 0.25) is 0 Å². The fourth-order valence-electron chi connectivity index (χ4n) is 0.412. The molecule has 0 fully saturated rings. The fourth-order valence-corrected chi connectivity index (χ4v) is 0.931. The van der Waals surface area contributed by atoms with Crippen LogP contribution < -0.4 is 0 Å². The lowest BCUT2D eigenvalue weighted by Crippen LogP contribution is -1.69. The lowest BCUT2D eigenvalue weighted by Gasteiger charge is -1.85. The van der Waals surface area contributed by atoms with Crippen LogP contribution in [0.15, 0.2) is 34.8 Å². The number of aromatic nitrogens is 1. The molecule has 1 aromatic heterocycles. The second-order valence-corrected chi connectivity index (χ2v) is 2.37. The van der Waals surface area contributed by atoms with E-state index in [4.69, 9.17) is 4.42 Å². The highest BCUT2D eigenvalue weighted by atomic mass is 32.2. The van der Waals surface area contributed by atoms with Crippen LogP contribution in [0.4, 0.5) is 0 Å². The Morgan fingerprint density at radius 2 is 2.78 bits per heavy atom. The van der Waals surface area contributed by atoms with E-state index in [9.17, 15) is 0 Å². The maximum Gasteiger partial charge on any atom is 0.255 e. The Morgan fingerprint density at radius 3 is 3.33 bits per heavy atom. The Balaban J connectivity index is 2.38. The lowest BCUT2D eigenvalue weighted by molar-refractivity contribution is 0.454. The zero-order valence-corrected chi connectivity index (χ0v) is 5.73. The third kappa shape index (κ3) is 1.93. The van der Waals surface area contributed by atoms with Gasteiger partial charge < -0.3 is 4.42 Å². The van der Waals surface area contributed by atoms with Gasteiger partial charge >= 0.3 is 0 Å². The monoisotopic (exact) mass is 141 g/mol. The Bertz CT molecular complexity index is 171. The maximum atomic E-state index is 4.94. The van der Waals surface area contributed by atoms with Crippen molar-refractivity contribution >= 4 is 11.8 Å². The molecule has 48 valence electrons. The SMILES string of the molecule is C=CCSc1ncco1. The molecule has 0 bridgehead atoms. The Kier molecular flexibility index (Phi) is 2.39. The van der Waals surface area contributed by atoms with Gasteiger partial charge in [0.15, 0.2) is 0 Å². The molecule has 0 amide bonds. The van der Waals surface area contributed by atoms with E-state index in [0.717, 1.165) is 5.75 Å². The van der Waals surface area contributed by atoms with Crippen LogP contribution in [0.5, 0.6) is 0 Å². The second kappa shape index (κ2) is 3.35. The van der Waals surface area contributed by atoms with Gasteiger partial charge in [0.05, 0.1) is 6.20 Å². The molecule has 9 heavy (non-hydrogen) atoms. The minimum atomic E-state index is 0.704. The summed E-state index contributed by atoms with van der Waals surface area (Å²) in [5.74, 6) is 0.848. The van der Waals surface area contributed by atoms with Gasteiger partial charge in [0, 0.05) is 5.75 Å². The summed E-state index contributed by atoms with van der Waals surface area (Å²) in [6, 6.07) is 0. The van der Waals surface area contributed by atoms with E-state index in [2.05, 4.69) is 11.6 Å². The number of oxazole rings is 1. The van der Waals surface area contributed by atoms with E-state index in [1.807, 2.05) is 6.08 Å². The van der Waals surface area contributed by atoms with Gasteiger partial charge in [-0.1, -0.05) is 17.8 Å². The molecule has 0 aliphatic heterocycles.